The minimum atomic E-state index is 0.599. The van der Waals surface area contributed by atoms with Crippen molar-refractivity contribution in [3.05, 3.63) is 36.9 Å². The molecule has 1 aliphatic carbocycles. The van der Waals surface area contributed by atoms with Crippen LogP contribution < -0.4 is 5.32 Å². The van der Waals surface area contributed by atoms with Crippen LogP contribution in [0.2, 0.25) is 0 Å². The van der Waals surface area contributed by atoms with Crippen LogP contribution in [-0.4, -0.2) is 20.8 Å². The maximum Gasteiger partial charge on any atom is 0.123 e. The van der Waals surface area contributed by atoms with E-state index in [9.17, 15) is 0 Å². The van der Waals surface area contributed by atoms with E-state index in [0.29, 0.717) is 6.04 Å². The van der Waals surface area contributed by atoms with Gasteiger partial charge in [0.25, 0.3) is 0 Å². The summed E-state index contributed by atoms with van der Waals surface area (Å²) >= 11 is 0. The smallest absolute Gasteiger partial charge is 0.123 e. The third-order valence-electron chi connectivity index (χ3n) is 4.59. The first-order valence-corrected chi connectivity index (χ1v) is 7.94. The largest absolute Gasteiger partial charge is 0.382 e. The van der Waals surface area contributed by atoms with Crippen LogP contribution in [0.3, 0.4) is 0 Å². The van der Waals surface area contributed by atoms with Gasteiger partial charge in [0.1, 0.15) is 12.7 Å². The molecule has 0 bridgehead atoms. The Morgan fingerprint density at radius 2 is 2.00 bits per heavy atom. The van der Waals surface area contributed by atoms with E-state index in [0.717, 1.165) is 17.5 Å². The fourth-order valence-electron chi connectivity index (χ4n) is 3.29. The molecule has 1 fully saturated rings. The molecule has 2 atom stereocenters. The highest BCUT2D eigenvalue weighted by Crippen LogP contribution is 2.31. The van der Waals surface area contributed by atoms with E-state index in [-0.39, 0.29) is 0 Å². The lowest BCUT2D eigenvalue weighted by molar-refractivity contribution is 0.264. The Balaban J connectivity index is 1.69. The van der Waals surface area contributed by atoms with Gasteiger partial charge in [0.2, 0.25) is 0 Å². The van der Waals surface area contributed by atoms with Gasteiger partial charge in [-0.05, 0) is 42.9 Å². The third-order valence-corrected chi connectivity index (χ3v) is 4.59. The molecule has 0 aliphatic heterocycles. The number of rotatable bonds is 4. The first-order chi connectivity index (χ1) is 10.2. The molecule has 4 nitrogen and oxygen atoms in total. The molecule has 1 aliphatic rings. The number of aromatic nitrogens is 3. The molecule has 0 spiro atoms. The summed E-state index contributed by atoms with van der Waals surface area (Å²) in [5.74, 6) is 1.65. The number of hydrogen-bond donors (Lipinski definition) is 1. The van der Waals surface area contributed by atoms with Gasteiger partial charge in [0.15, 0.2) is 0 Å². The predicted molar refractivity (Wildman–Crippen MR) is 85.6 cm³/mol. The quantitative estimate of drug-likeness (QED) is 0.926. The molecular formula is C17H24N4. The summed E-state index contributed by atoms with van der Waals surface area (Å²) in [5, 5.41) is 11.4. The number of benzene rings is 1. The van der Waals surface area contributed by atoms with Crippen LogP contribution in [0, 0.1) is 11.8 Å². The lowest BCUT2D eigenvalue weighted by Gasteiger charge is -2.32. The van der Waals surface area contributed by atoms with Crippen molar-refractivity contribution in [3.8, 4) is 5.69 Å². The van der Waals surface area contributed by atoms with E-state index in [1.165, 1.54) is 31.4 Å². The maximum atomic E-state index is 3.87. The van der Waals surface area contributed by atoms with Gasteiger partial charge in [-0.2, -0.15) is 0 Å². The average Bonchev–Trinajstić information content (AvgIpc) is 3.02. The molecule has 1 saturated carbocycles. The zero-order valence-corrected chi connectivity index (χ0v) is 12.9. The predicted octanol–water partition coefficient (Wildman–Crippen LogP) is 3.89. The van der Waals surface area contributed by atoms with Crippen LogP contribution in [-0.2, 0) is 0 Å². The SMILES string of the molecule is CC(C)C1CCCC(Nc2cccc(-n3cnnc3)c2)C1. The molecule has 1 heterocycles. The lowest BCUT2D eigenvalue weighted by atomic mass is 9.79. The van der Waals surface area contributed by atoms with Crippen LogP contribution >= 0.6 is 0 Å². The molecule has 0 radical (unpaired) electrons. The summed E-state index contributed by atoms with van der Waals surface area (Å²) in [6, 6.07) is 9.07. The molecule has 1 N–H and O–H groups in total. The van der Waals surface area contributed by atoms with Crippen molar-refractivity contribution in [3.63, 3.8) is 0 Å². The second kappa shape index (κ2) is 6.29. The molecular weight excluding hydrogens is 260 g/mol. The summed E-state index contributed by atoms with van der Waals surface area (Å²) in [6.07, 6.45) is 8.75. The summed E-state index contributed by atoms with van der Waals surface area (Å²) in [7, 11) is 0. The van der Waals surface area contributed by atoms with E-state index in [1.54, 1.807) is 12.7 Å². The molecule has 2 aromatic rings. The van der Waals surface area contributed by atoms with Crippen molar-refractivity contribution in [1.82, 2.24) is 14.8 Å². The number of anilines is 1. The number of hydrogen-bond acceptors (Lipinski definition) is 3. The van der Waals surface area contributed by atoms with Crippen molar-refractivity contribution in [2.45, 2.75) is 45.6 Å². The highest BCUT2D eigenvalue weighted by molar-refractivity contribution is 5.51. The van der Waals surface area contributed by atoms with Crippen LogP contribution in [0.1, 0.15) is 39.5 Å². The Morgan fingerprint density at radius 1 is 1.19 bits per heavy atom. The molecule has 0 amide bonds. The Kier molecular flexibility index (Phi) is 4.23. The highest BCUT2D eigenvalue weighted by Gasteiger charge is 2.23. The van der Waals surface area contributed by atoms with Crippen molar-refractivity contribution < 1.29 is 0 Å². The first-order valence-electron chi connectivity index (χ1n) is 7.94. The Bertz CT molecular complexity index is 562. The second-order valence-corrected chi connectivity index (χ2v) is 6.43. The molecule has 3 rings (SSSR count). The van der Waals surface area contributed by atoms with Gasteiger partial charge in [0, 0.05) is 11.7 Å². The van der Waals surface area contributed by atoms with Gasteiger partial charge in [-0.1, -0.05) is 32.8 Å². The first kappa shape index (κ1) is 14.1. The van der Waals surface area contributed by atoms with Crippen LogP contribution in [0.15, 0.2) is 36.9 Å². The minimum Gasteiger partial charge on any atom is -0.382 e. The van der Waals surface area contributed by atoms with Crippen molar-refractivity contribution >= 4 is 5.69 Å². The van der Waals surface area contributed by atoms with Gasteiger partial charge in [-0.25, -0.2) is 0 Å². The Morgan fingerprint density at radius 3 is 2.76 bits per heavy atom. The summed E-state index contributed by atoms with van der Waals surface area (Å²) in [4.78, 5) is 0. The standard InChI is InChI=1S/C17H24N4/c1-13(2)14-5-3-6-15(9-14)20-16-7-4-8-17(10-16)21-11-18-19-12-21/h4,7-8,10-15,20H,3,5-6,9H2,1-2H3. The molecule has 1 aromatic heterocycles. The monoisotopic (exact) mass is 284 g/mol. The maximum absolute atomic E-state index is 3.87. The van der Waals surface area contributed by atoms with Gasteiger partial charge < -0.3 is 5.32 Å². The van der Waals surface area contributed by atoms with Gasteiger partial charge >= 0.3 is 0 Å². The topological polar surface area (TPSA) is 42.7 Å². The normalized spacial score (nSPS) is 22.4. The van der Waals surface area contributed by atoms with Gasteiger partial charge in [-0.3, -0.25) is 4.57 Å². The van der Waals surface area contributed by atoms with E-state index in [4.69, 9.17) is 0 Å². The summed E-state index contributed by atoms with van der Waals surface area (Å²) < 4.78 is 1.93. The van der Waals surface area contributed by atoms with Crippen LogP contribution in [0.5, 0.6) is 0 Å². The van der Waals surface area contributed by atoms with E-state index in [1.807, 2.05) is 4.57 Å². The zero-order valence-electron chi connectivity index (χ0n) is 12.9. The summed E-state index contributed by atoms with van der Waals surface area (Å²) in [6.45, 7) is 4.69. The highest BCUT2D eigenvalue weighted by atomic mass is 15.2. The molecule has 112 valence electrons. The summed E-state index contributed by atoms with van der Waals surface area (Å²) in [5.41, 5.74) is 2.29. The van der Waals surface area contributed by atoms with E-state index in [2.05, 4.69) is 53.6 Å². The molecule has 0 saturated heterocycles. The molecule has 2 unspecified atom stereocenters. The van der Waals surface area contributed by atoms with E-state index < -0.39 is 0 Å². The average molecular weight is 284 g/mol. The molecule has 4 heteroatoms. The fourth-order valence-corrected chi connectivity index (χ4v) is 3.29. The Labute approximate surface area is 126 Å². The third kappa shape index (κ3) is 3.43. The van der Waals surface area contributed by atoms with Crippen molar-refractivity contribution in [1.29, 1.82) is 0 Å². The van der Waals surface area contributed by atoms with Gasteiger partial charge in [0.05, 0.1) is 5.69 Å². The Hall–Kier alpha value is -1.84. The zero-order chi connectivity index (χ0) is 14.7. The van der Waals surface area contributed by atoms with Crippen molar-refractivity contribution in [2.24, 2.45) is 11.8 Å². The lowest BCUT2D eigenvalue weighted by Crippen LogP contribution is -2.29. The number of nitrogens with one attached hydrogen (secondary N) is 1. The molecule has 1 aromatic carbocycles. The fraction of sp³-hybridized carbons (Fsp3) is 0.529. The van der Waals surface area contributed by atoms with Crippen LogP contribution in [0.4, 0.5) is 5.69 Å². The van der Waals surface area contributed by atoms with E-state index >= 15 is 0 Å². The van der Waals surface area contributed by atoms with Crippen LogP contribution in [0.25, 0.3) is 5.69 Å². The van der Waals surface area contributed by atoms with Crippen molar-refractivity contribution in [2.75, 3.05) is 5.32 Å². The minimum absolute atomic E-state index is 0.599. The molecule has 21 heavy (non-hydrogen) atoms. The number of nitrogens with zero attached hydrogens (tertiary/aromatic N) is 3. The second-order valence-electron chi connectivity index (χ2n) is 6.43. The van der Waals surface area contributed by atoms with Gasteiger partial charge in [-0.15, -0.1) is 10.2 Å².